The van der Waals surface area contributed by atoms with Gasteiger partial charge in [-0.25, -0.2) is 4.79 Å². The monoisotopic (exact) mass is 315 g/mol. The van der Waals surface area contributed by atoms with Crippen LogP contribution in [0.5, 0.6) is 0 Å². The van der Waals surface area contributed by atoms with Crippen LogP contribution in [0.2, 0.25) is 0 Å². The van der Waals surface area contributed by atoms with Crippen molar-refractivity contribution in [1.29, 1.82) is 0 Å². The van der Waals surface area contributed by atoms with Gasteiger partial charge in [0.15, 0.2) is 0 Å². The summed E-state index contributed by atoms with van der Waals surface area (Å²) >= 11 is 6.13. The van der Waals surface area contributed by atoms with Crippen LogP contribution in [0.15, 0.2) is 12.2 Å². The van der Waals surface area contributed by atoms with Crippen molar-refractivity contribution in [3.05, 3.63) is 12.2 Å². The molecule has 0 aromatic carbocycles. The number of nitrogens with one attached hydrogen (secondary N) is 1. The zero-order valence-corrected chi connectivity index (χ0v) is 12.9. The van der Waals surface area contributed by atoms with Crippen LogP contribution >= 0.6 is 11.6 Å². The largest absolute Gasteiger partial charge is 0.371 e. The van der Waals surface area contributed by atoms with E-state index >= 15 is 0 Å². The van der Waals surface area contributed by atoms with Crippen LogP contribution in [0, 0.1) is 5.92 Å². The molecule has 1 saturated heterocycles. The molecule has 2 rings (SSSR count). The van der Waals surface area contributed by atoms with Gasteiger partial charge >= 0.3 is 6.03 Å². The summed E-state index contributed by atoms with van der Waals surface area (Å²) in [4.78, 5) is 25.0. The quantitative estimate of drug-likeness (QED) is 0.597. The van der Waals surface area contributed by atoms with Gasteiger partial charge in [0.05, 0.1) is 23.5 Å². The van der Waals surface area contributed by atoms with Gasteiger partial charge in [-0.2, -0.15) is 0 Å². The van der Waals surface area contributed by atoms with Crippen LogP contribution in [0.3, 0.4) is 0 Å². The third kappa shape index (κ3) is 4.69. The number of ether oxygens (including phenoxy) is 1. The maximum absolute atomic E-state index is 11.9. The van der Waals surface area contributed by atoms with Crippen molar-refractivity contribution in [2.45, 2.75) is 36.8 Å². The van der Waals surface area contributed by atoms with Gasteiger partial charge in [0.1, 0.15) is 0 Å². The lowest BCUT2D eigenvalue weighted by Gasteiger charge is -2.34. The number of carbonyl (C=O) groups excluding carboxylic acids is 2. The van der Waals surface area contributed by atoms with Crippen molar-refractivity contribution in [3.63, 3.8) is 0 Å². The number of imide groups is 1. The van der Waals surface area contributed by atoms with E-state index in [9.17, 15) is 9.59 Å². The number of allylic oxidation sites excluding steroid dienone is 1. The first-order chi connectivity index (χ1) is 9.95. The van der Waals surface area contributed by atoms with Crippen LogP contribution in [0.1, 0.15) is 19.3 Å². The molecule has 3 atom stereocenters. The average Bonchev–Trinajstić information content (AvgIpc) is 2.42. The highest BCUT2D eigenvalue weighted by molar-refractivity contribution is 6.23. The molecule has 3 unspecified atom stereocenters. The van der Waals surface area contributed by atoms with Crippen LogP contribution in [0.25, 0.3) is 0 Å². The molecule has 118 valence electrons. The Labute approximate surface area is 129 Å². The first-order valence-corrected chi connectivity index (χ1v) is 7.66. The molecule has 0 radical (unpaired) electrons. The molecule has 21 heavy (non-hydrogen) atoms. The van der Waals surface area contributed by atoms with E-state index in [4.69, 9.17) is 22.1 Å². The predicted molar refractivity (Wildman–Crippen MR) is 80.0 cm³/mol. The van der Waals surface area contributed by atoms with Crippen molar-refractivity contribution in [2.75, 3.05) is 20.1 Å². The average molecular weight is 316 g/mol. The van der Waals surface area contributed by atoms with Crippen LogP contribution in [0.4, 0.5) is 4.79 Å². The molecule has 0 aromatic heterocycles. The van der Waals surface area contributed by atoms with E-state index in [0.29, 0.717) is 6.42 Å². The molecule has 0 aromatic rings. The molecule has 0 bridgehead atoms. The Morgan fingerprint density at radius 1 is 1.33 bits per heavy atom. The molecule has 0 spiro atoms. The van der Waals surface area contributed by atoms with E-state index in [0.717, 1.165) is 25.9 Å². The van der Waals surface area contributed by atoms with E-state index in [1.54, 1.807) is 6.08 Å². The second-order valence-corrected chi connectivity index (χ2v) is 6.21. The molecule has 0 saturated carbocycles. The number of amides is 3. The summed E-state index contributed by atoms with van der Waals surface area (Å²) in [6.07, 6.45) is 6.18. The van der Waals surface area contributed by atoms with Gasteiger partial charge in [0.2, 0.25) is 5.91 Å². The van der Waals surface area contributed by atoms with Crippen LogP contribution in [-0.2, 0) is 9.53 Å². The summed E-state index contributed by atoms with van der Waals surface area (Å²) in [7, 11) is 2.10. The Kier molecular flexibility index (Phi) is 5.61. The number of urea groups is 1. The second kappa shape index (κ2) is 7.24. The number of piperidine rings is 1. The zero-order valence-electron chi connectivity index (χ0n) is 12.1. The number of halogens is 1. The van der Waals surface area contributed by atoms with Gasteiger partial charge in [-0.3, -0.25) is 10.1 Å². The molecule has 6 nitrogen and oxygen atoms in total. The number of primary amides is 1. The SMILES string of the molecule is CN1CCC(OC2C=CC(Cl)C(C(=O)NC(N)=O)C2)CC1. The molecule has 3 amide bonds. The molecule has 1 aliphatic heterocycles. The molecule has 1 aliphatic carbocycles. The third-order valence-electron chi connectivity index (χ3n) is 4.00. The first-order valence-electron chi connectivity index (χ1n) is 7.22. The van der Waals surface area contributed by atoms with E-state index in [1.807, 2.05) is 6.08 Å². The number of hydrogen-bond donors (Lipinski definition) is 2. The van der Waals surface area contributed by atoms with Crippen molar-refractivity contribution in [2.24, 2.45) is 11.7 Å². The summed E-state index contributed by atoms with van der Waals surface area (Å²) in [5.74, 6) is -0.941. The van der Waals surface area contributed by atoms with Gasteiger partial charge in [-0.15, -0.1) is 11.6 Å². The third-order valence-corrected chi connectivity index (χ3v) is 4.45. The Morgan fingerprint density at radius 2 is 2.00 bits per heavy atom. The normalized spacial score (nSPS) is 31.0. The lowest BCUT2D eigenvalue weighted by Crippen LogP contribution is -2.44. The highest BCUT2D eigenvalue weighted by Crippen LogP contribution is 2.27. The summed E-state index contributed by atoms with van der Waals surface area (Å²) in [6, 6.07) is -0.855. The van der Waals surface area contributed by atoms with Crippen LogP contribution in [-0.4, -0.2) is 54.6 Å². The van der Waals surface area contributed by atoms with E-state index < -0.39 is 23.2 Å². The predicted octanol–water partition coefficient (Wildman–Crippen LogP) is 0.844. The number of carbonyl (C=O) groups is 2. The second-order valence-electron chi connectivity index (χ2n) is 5.70. The summed E-state index contributed by atoms with van der Waals surface area (Å²) in [6.45, 7) is 2.04. The van der Waals surface area contributed by atoms with Crippen molar-refractivity contribution in [1.82, 2.24) is 10.2 Å². The fraction of sp³-hybridized carbons (Fsp3) is 0.714. The molecular formula is C14H22ClN3O3. The summed E-state index contributed by atoms with van der Waals surface area (Å²) < 4.78 is 6.05. The standard InChI is InChI=1S/C14H22ClN3O3/c1-18-6-4-9(5-7-18)21-10-2-3-12(15)11(8-10)13(19)17-14(16)20/h2-3,9-12H,4-8H2,1H3,(H3,16,17,19,20). The van der Waals surface area contributed by atoms with Crippen molar-refractivity contribution < 1.29 is 14.3 Å². The summed E-state index contributed by atoms with van der Waals surface area (Å²) in [5.41, 5.74) is 4.97. The number of hydrogen-bond acceptors (Lipinski definition) is 4. The Bertz CT molecular complexity index is 422. The highest BCUT2D eigenvalue weighted by Gasteiger charge is 2.33. The minimum absolute atomic E-state index is 0.142. The minimum atomic E-state index is -0.855. The fourth-order valence-corrected chi connectivity index (χ4v) is 3.06. The number of likely N-dealkylation sites (tertiary alicyclic amines) is 1. The van der Waals surface area contributed by atoms with Crippen molar-refractivity contribution in [3.8, 4) is 0 Å². The zero-order chi connectivity index (χ0) is 15.4. The van der Waals surface area contributed by atoms with Gasteiger partial charge < -0.3 is 15.4 Å². The van der Waals surface area contributed by atoms with Gasteiger partial charge in [-0.1, -0.05) is 12.2 Å². The minimum Gasteiger partial charge on any atom is -0.371 e. The van der Waals surface area contributed by atoms with Gasteiger partial charge in [0.25, 0.3) is 0 Å². The maximum atomic E-state index is 11.9. The molecule has 7 heteroatoms. The lowest BCUT2D eigenvalue weighted by atomic mass is 9.91. The Morgan fingerprint density at radius 3 is 2.62 bits per heavy atom. The smallest absolute Gasteiger partial charge is 0.318 e. The number of alkyl halides is 1. The number of rotatable bonds is 3. The van der Waals surface area contributed by atoms with Gasteiger partial charge in [-0.05, 0) is 26.3 Å². The molecule has 1 heterocycles. The highest BCUT2D eigenvalue weighted by atomic mass is 35.5. The fourth-order valence-electron chi connectivity index (χ4n) is 2.76. The van der Waals surface area contributed by atoms with Crippen molar-refractivity contribution >= 4 is 23.5 Å². The van der Waals surface area contributed by atoms with E-state index in [-0.39, 0.29) is 12.2 Å². The number of nitrogens with zero attached hydrogens (tertiary/aromatic N) is 1. The molecular weight excluding hydrogens is 294 g/mol. The molecule has 2 aliphatic rings. The topological polar surface area (TPSA) is 84.7 Å². The number of nitrogens with two attached hydrogens (primary N) is 1. The summed E-state index contributed by atoms with van der Waals surface area (Å²) in [5, 5.41) is 1.65. The molecule has 1 fully saturated rings. The first kappa shape index (κ1) is 16.3. The van der Waals surface area contributed by atoms with E-state index in [2.05, 4.69) is 17.3 Å². The molecule has 3 N–H and O–H groups in total. The lowest BCUT2D eigenvalue weighted by molar-refractivity contribution is -0.125. The van der Waals surface area contributed by atoms with Gasteiger partial charge in [0, 0.05) is 13.1 Å². The van der Waals surface area contributed by atoms with E-state index in [1.165, 1.54) is 0 Å². The van der Waals surface area contributed by atoms with Crippen LogP contribution < -0.4 is 11.1 Å². The maximum Gasteiger partial charge on any atom is 0.318 e. The Balaban J connectivity index is 1.89. The Hall–Kier alpha value is -1.11.